The molecule has 2 aromatic rings. The zero-order valence-corrected chi connectivity index (χ0v) is 29.9. The Morgan fingerprint density at radius 3 is 2.25 bits per heavy atom. The maximum Gasteiger partial charge on any atom is 0.383 e. The molecule has 0 spiro atoms. The number of pyridine rings is 1. The van der Waals surface area contributed by atoms with Gasteiger partial charge >= 0.3 is 5.92 Å². The Kier molecular flexibility index (Phi) is 15.4. The number of carbonyl (C=O) groups is 4. The van der Waals surface area contributed by atoms with Crippen LogP contribution in [0.4, 0.5) is 8.78 Å². The Morgan fingerprint density at radius 2 is 1.60 bits per heavy atom. The number of ether oxygens (including phenoxy) is 1. The second-order valence-electron chi connectivity index (χ2n) is 13.0. The Balaban J connectivity index is 1.50. The Labute approximate surface area is 303 Å². The lowest BCUT2D eigenvalue weighted by molar-refractivity contribution is -0.160. The molecule has 2 aliphatic rings. The molecular weight excluding hydrogens is 698 g/mol. The van der Waals surface area contributed by atoms with Gasteiger partial charge in [-0.1, -0.05) is 74.6 Å². The highest BCUT2D eigenvalue weighted by molar-refractivity contribution is 7.87. The van der Waals surface area contributed by atoms with Crippen molar-refractivity contribution in [1.82, 2.24) is 30.0 Å². The van der Waals surface area contributed by atoms with Gasteiger partial charge in [-0.25, -0.2) is 0 Å². The molecule has 0 bridgehead atoms. The third-order valence-electron chi connectivity index (χ3n) is 9.15. The highest BCUT2D eigenvalue weighted by Crippen LogP contribution is 2.29. The summed E-state index contributed by atoms with van der Waals surface area (Å²) >= 11 is 0. The fourth-order valence-corrected chi connectivity index (χ4v) is 7.63. The van der Waals surface area contributed by atoms with Gasteiger partial charge in [0.1, 0.15) is 12.1 Å². The van der Waals surface area contributed by atoms with Gasteiger partial charge in [0.05, 0.1) is 19.3 Å². The molecule has 4 N–H and O–H groups in total. The first-order chi connectivity index (χ1) is 24.9. The largest absolute Gasteiger partial charge is 0.383 e. The summed E-state index contributed by atoms with van der Waals surface area (Å²) in [7, 11) is -4.16. The van der Waals surface area contributed by atoms with Crippen molar-refractivity contribution >= 4 is 33.7 Å². The van der Waals surface area contributed by atoms with Crippen molar-refractivity contribution in [1.29, 1.82) is 0 Å². The number of Topliss-reactive ketones (excluding diaryl/α,β-unsaturated/α-hetero) is 1. The third kappa shape index (κ3) is 12.0. The zero-order valence-electron chi connectivity index (χ0n) is 29.1. The number of halogens is 2. The average Bonchev–Trinajstić information content (AvgIpc) is 3.15. The molecule has 0 radical (unpaired) electrons. The number of aromatic nitrogens is 1. The predicted octanol–water partition coefficient (Wildman–Crippen LogP) is 2.24. The summed E-state index contributed by atoms with van der Waals surface area (Å²) in [5, 5.41) is 7.05. The number of carbonyl (C=O) groups excluding carboxylic acids is 4. The molecule has 52 heavy (non-hydrogen) atoms. The van der Waals surface area contributed by atoms with E-state index in [-0.39, 0.29) is 64.4 Å². The van der Waals surface area contributed by atoms with Gasteiger partial charge in [-0.15, -0.1) is 6.58 Å². The average molecular weight is 747 g/mol. The number of rotatable bonds is 19. The smallest absolute Gasteiger partial charge is 0.379 e. The quantitative estimate of drug-likeness (QED) is 0.125. The summed E-state index contributed by atoms with van der Waals surface area (Å²) in [4.78, 5) is 57.7. The van der Waals surface area contributed by atoms with E-state index >= 15 is 8.78 Å². The number of hydrogen-bond donors (Lipinski definition) is 4. The van der Waals surface area contributed by atoms with Crippen molar-refractivity contribution in [2.75, 3.05) is 32.8 Å². The Morgan fingerprint density at radius 1 is 0.942 bits per heavy atom. The van der Waals surface area contributed by atoms with E-state index in [1.54, 1.807) is 48.5 Å². The van der Waals surface area contributed by atoms with Gasteiger partial charge in [0, 0.05) is 37.9 Å². The molecule has 284 valence electrons. The number of alkyl halides is 2. The molecule has 1 saturated carbocycles. The van der Waals surface area contributed by atoms with Crippen molar-refractivity contribution in [2.24, 2.45) is 5.92 Å². The number of amides is 3. The van der Waals surface area contributed by atoms with E-state index in [1.807, 2.05) is 0 Å². The summed E-state index contributed by atoms with van der Waals surface area (Å²) in [5.74, 6) is -9.97. The number of hydrogen-bond acceptors (Lipinski definition) is 8. The second-order valence-corrected chi connectivity index (χ2v) is 14.7. The van der Waals surface area contributed by atoms with Gasteiger partial charge in [0.2, 0.25) is 17.6 Å². The van der Waals surface area contributed by atoms with E-state index in [2.05, 4.69) is 32.2 Å². The molecule has 3 amide bonds. The van der Waals surface area contributed by atoms with Crippen LogP contribution in [0.2, 0.25) is 0 Å². The molecule has 13 nitrogen and oxygen atoms in total. The van der Waals surface area contributed by atoms with Crippen molar-refractivity contribution in [3.8, 4) is 0 Å². The van der Waals surface area contributed by atoms with E-state index in [1.165, 1.54) is 12.3 Å². The molecule has 3 atom stereocenters. The second kappa shape index (κ2) is 19.6. The number of nitrogens with zero attached hydrogens (tertiary/aromatic N) is 2. The van der Waals surface area contributed by atoms with Crippen LogP contribution < -0.4 is 20.7 Å². The van der Waals surface area contributed by atoms with Crippen LogP contribution in [0.1, 0.15) is 56.2 Å². The van der Waals surface area contributed by atoms with Crippen LogP contribution in [0, 0.1) is 5.92 Å². The fourth-order valence-electron chi connectivity index (χ4n) is 6.30. The van der Waals surface area contributed by atoms with Crippen molar-refractivity contribution < 1.29 is 41.1 Å². The molecule has 1 aliphatic carbocycles. The minimum absolute atomic E-state index is 0.0663. The first kappa shape index (κ1) is 40.6. The standard InChI is InChI=1S/C36H48F2N6O7S/c1-2-11-29(41-34(47)31(25-27-14-7-4-8-15-27)43-52(49,50)44-20-22-51-23-21-44)33(46)42-30(24-26-12-5-3-6-13-26)32(45)36(37,38)35(48)40-19-17-28-16-9-10-18-39-28/h2,4,7-10,14-16,18,26,29-31,43H,1,3,5-6,11-13,17,19-25H2,(H,40,48)(H,41,47)(H,42,46)/t29-,30-,31-/m0/s1. The maximum absolute atomic E-state index is 15.5. The van der Waals surface area contributed by atoms with Crippen LogP contribution in [0.25, 0.3) is 0 Å². The van der Waals surface area contributed by atoms with E-state index in [4.69, 9.17) is 4.74 Å². The minimum Gasteiger partial charge on any atom is -0.379 e. The molecule has 1 saturated heterocycles. The Hall–Kier alpha value is -4.12. The molecule has 1 aromatic carbocycles. The molecule has 2 fully saturated rings. The van der Waals surface area contributed by atoms with E-state index < -0.39 is 57.8 Å². The number of ketones is 1. The minimum atomic E-state index is -4.47. The van der Waals surface area contributed by atoms with E-state index in [0.29, 0.717) is 24.1 Å². The molecular formula is C36H48F2N6O7S. The number of benzene rings is 1. The van der Waals surface area contributed by atoms with Crippen LogP contribution in [0.5, 0.6) is 0 Å². The van der Waals surface area contributed by atoms with Gasteiger partial charge in [0.15, 0.2) is 0 Å². The van der Waals surface area contributed by atoms with Crippen LogP contribution in [-0.4, -0.2) is 98.1 Å². The molecule has 0 unspecified atom stereocenters. The summed E-state index contributed by atoms with van der Waals surface area (Å²) < 4.78 is 66.4. The summed E-state index contributed by atoms with van der Waals surface area (Å²) in [6.45, 7) is 3.99. The van der Waals surface area contributed by atoms with Gasteiger partial charge < -0.3 is 20.7 Å². The molecule has 16 heteroatoms. The lowest BCUT2D eigenvalue weighted by atomic mass is 9.83. The molecule has 4 rings (SSSR count). The first-order valence-corrected chi connectivity index (χ1v) is 19.1. The first-order valence-electron chi connectivity index (χ1n) is 17.6. The topological polar surface area (TPSA) is 176 Å². The van der Waals surface area contributed by atoms with E-state index in [0.717, 1.165) is 23.6 Å². The van der Waals surface area contributed by atoms with Crippen LogP contribution in [-0.2, 0) is 47.0 Å². The van der Waals surface area contributed by atoms with Gasteiger partial charge in [-0.05, 0) is 42.9 Å². The normalized spacial score (nSPS) is 17.7. The molecule has 1 aliphatic heterocycles. The summed E-state index contributed by atoms with van der Waals surface area (Å²) in [6.07, 6.45) is 6.64. The van der Waals surface area contributed by atoms with Crippen LogP contribution in [0.15, 0.2) is 67.4 Å². The van der Waals surface area contributed by atoms with Gasteiger partial charge in [-0.2, -0.15) is 26.2 Å². The lowest BCUT2D eigenvalue weighted by Crippen LogP contribution is -2.60. The maximum atomic E-state index is 15.5. The van der Waals surface area contributed by atoms with Gasteiger partial charge in [-0.3, -0.25) is 24.2 Å². The highest BCUT2D eigenvalue weighted by atomic mass is 32.2. The van der Waals surface area contributed by atoms with E-state index in [9.17, 15) is 27.6 Å². The summed E-state index contributed by atoms with van der Waals surface area (Å²) in [5.41, 5.74) is 1.20. The van der Waals surface area contributed by atoms with Crippen LogP contribution in [0.3, 0.4) is 0 Å². The van der Waals surface area contributed by atoms with Crippen molar-refractivity contribution in [2.45, 2.75) is 81.8 Å². The fraction of sp³-hybridized carbons (Fsp3) is 0.528. The van der Waals surface area contributed by atoms with Crippen molar-refractivity contribution in [3.63, 3.8) is 0 Å². The van der Waals surface area contributed by atoms with Crippen molar-refractivity contribution in [3.05, 3.63) is 78.6 Å². The predicted molar refractivity (Wildman–Crippen MR) is 189 cm³/mol. The molecule has 1 aromatic heterocycles. The number of nitrogens with one attached hydrogen (secondary N) is 4. The van der Waals surface area contributed by atoms with Gasteiger partial charge in [0.25, 0.3) is 16.1 Å². The highest BCUT2D eigenvalue weighted by Gasteiger charge is 2.51. The zero-order chi connectivity index (χ0) is 37.6. The lowest BCUT2D eigenvalue weighted by Gasteiger charge is -2.30. The van der Waals surface area contributed by atoms with Crippen LogP contribution >= 0.6 is 0 Å². The Bertz CT molecular complexity index is 1610. The third-order valence-corrected chi connectivity index (χ3v) is 10.8. The summed E-state index contributed by atoms with van der Waals surface area (Å²) in [6, 6.07) is 9.23. The SMILES string of the molecule is C=CC[C@H](NC(=O)[C@H](Cc1ccccc1)NS(=O)(=O)N1CCOCC1)C(=O)N[C@@H](CC1CCCCC1)C(=O)C(F)(F)C(=O)NCCc1ccccn1. The number of morpholine rings is 1. The molecule has 2 heterocycles. The monoisotopic (exact) mass is 746 g/mol.